The average Bonchev–Trinajstić information content (AvgIpc) is 2.87. The third kappa shape index (κ3) is 3.60. The highest BCUT2D eigenvalue weighted by molar-refractivity contribution is 7.99. The fraction of sp³-hybridized carbons (Fsp3) is 0.429. The van der Waals surface area contributed by atoms with Gasteiger partial charge in [-0.3, -0.25) is 0 Å². The van der Waals surface area contributed by atoms with Gasteiger partial charge in [0.2, 0.25) is 0 Å². The molecule has 4 rings (SSSR count). The van der Waals surface area contributed by atoms with Crippen molar-refractivity contribution >= 4 is 35.0 Å². The van der Waals surface area contributed by atoms with E-state index in [1.807, 2.05) is 17.8 Å². The molecule has 4 heteroatoms. The fourth-order valence-corrected chi connectivity index (χ4v) is 6.14. The van der Waals surface area contributed by atoms with Crippen molar-refractivity contribution in [1.82, 2.24) is 4.90 Å². The highest BCUT2D eigenvalue weighted by atomic mass is 35.5. The highest BCUT2D eigenvalue weighted by Gasteiger charge is 2.45. The maximum atomic E-state index is 6.32. The van der Waals surface area contributed by atoms with Crippen molar-refractivity contribution in [2.24, 2.45) is 5.92 Å². The summed E-state index contributed by atoms with van der Waals surface area (Å²) in [4.78, 5) is 3.99. The lowest BCUT2D eigenvalue weighted by Gasteiger charge is -2.43. The minimum absolute atomic E-state index is 0.569. The van der Waals surface area contributed by atoms with Gasteiger partial charge < -0.3 is 4.90 Å². The summed E-state index contributed by atoms with van der Waals surface area (Å²) in [5.74, 6) is 2.36. The van der Waals surface area contributed by atoms with Crippen LogP contribution < -0.4 is 0 Å². The smallest absolute Gasteiger partial charge is 0.0595 e. The van der Waals surface area contributed by atoms with E-state index in [0.29, 0.717) is 34.0 Å². The second-order valence-corrected chi connectivity index (χ2v) is 9.18. The number of hydrogen-bond acceptors (Lipinski definition) is 2. The minimum atomic E-state index is 0.569. The molecular formula is C21H23Cl2NS. The first-order chi connectivity index (χ1) is 12.1. The summed E-state index contributed by atoms with van der Waals surface area (Å²) in [7, 11) is 2.31. The Morgan fingerprint density at radius 2 is 1.84 bits per heavy atom. The summed E-state index contributed by atoms with van der Waals surface area (Å²) in [6, 6.07) is 18.4. The number of rotatable bonds is 4. The van der Waals surface area contributed by atoms with E-state index in [0.717, 1.165) is 5.75 Å². The zero-order valence-electron chi connectivity index (χ0n) is 14.4. The molecule has 2 aromatic rings. The van der Waals surface area contributed by atoms with Gasteiger partial charge >= 0.3 is 0 Å². The Labute approximate surface area is 164 Å². The molecule has 2 fully saturated rings. The van der Waals surface area contributed by atoms with Gasteiger partial charge in [-0.1, -0.05) is 47.5 Å². The summed E-state index contributed by atoms with van der Waals surface area (Å²) in [5.41, 5.74) is 1.36. The van der Waals surface area contributed by atoms with Crippen LogP contribution in [0.4, 0.5) is 0 Å². The molecule has 1 unspecified atom stereocenters. The largest absolute Gasteiger partial charge is 0.300 e. The Morgan fingerprint density at radius 3 is 2.60 bits per heavy atom. The number of nitrogens with zero attached hydrogens (tertiary/aromatic N) is 1. The van der Waals surface area contributed by atoms with Crippen LogP contribution in [0.1, 0.15) is 30.7 Å². The Balaban J connectivity index is 1.60. The third-order valence-corrected chi connectivity index (χ3v) is 7.89. The van der Waals surface area contributed by atoms with E-state index in [9.17, 15) is 0 Å². The van der Waals surface area contributed by atoms with Crippen molar-refractivity contribution < 1.29 is 0 Å². The minimum Gasteiger partial charge on any atom is -0.300 e. The van der Waals surface area contributed by atoms with Crippen molar-refractivity contribution in [3.63, 3.8) is 0 Å². The van der Waals surface area contributed by atoms with Crippen molar-refractivity contribution in [2.75, 3.05) is 12.8 Å². The lowest BCUT2D eigenvalue weighted by atomic mass is 9.77. The second kappa shape index (κ2) is 7.52. The van der Waals surface area contributed by atoms with Gasteiger partial charge in [-0.15, -0.1) is 11.8 Å². The van der Waals surface area contributed by atoms with Crippen molar-refractivity contribution in [3.05, 3.63) is 64.1 Å². The Morgan fingerprint density at radius 1 is 1.04 bits per heavy atom. The number of fused-ring (bicyclic) bond motifs is 2. The Kier molecular flexibility index (Phi) is 5.33. The average molecular weight is 392 g/mol. The zero-order chi connectivity index (χ0) is 17.4. The molecule has 0 aromatic heterocycles. The van der Waals surface area contributed by atoms with Gasteiger partial charge in [-0.25, -0.2) is 0 Å². The first-order valence-corrected chi connectivity index (χ1v) is 10.7. The summed E-state index contributed by atoms with van der Waals surface area (Å²) in [5, 5.41) is 1.33. The lowest BCUT2D eigenvalue weighted by molar-refractivity contribution is 0.112. The molecule has 0 amide bonds. The van der Waals surface area contributed by atoms with Gasteiger partial charge in [0.05, 0.1) is 10.0 Å². The van der Waals surface area contributed by atoms with E-state index in [2.05, 4.69) is 54.4 Å². The van der Waals surface area contributed by atoms with E-state index in [1.54, 1.807) is 0 Å². The second-order valence-electron chi connectivity index (χ2n) is 7.27. The molecule has 0 saturated carbocycles. The standard InChI is InChI=1S/C21H23Cl2NS/c1-24-15-8-10-21(24)18(13-25-16-5-3-2-4-6-16)17(12-15)14-7-9-19(22)20(23)11-14/h2-7,9,11,15,17-18,21H,8,10,12-13H2,1H3/t15?,17-,18-,21-/m1/s1. The van der Waals surface area contributed by atoms with Crippen molar-refractivity contribution in [3.8, 4) is 0 Å². The maximum Gasteiger partial charge on any atom is 0.0595 e. The molecule has 0 aliphatic carbocycles. The molecule has 0 radical (unpaired) electrons. The summed E-state index contributed by atoms with van der Waals surface area (Å²) in [6.45, 7) is 0. The molecule has 0 N–H and O–H groups in total. The lowest BCUT2D eigenvalue weighted by Crippen LogP contribution is -2.46. The normalized spacial score (nSPS) is 29.1. The SMILES string of the molecule is CN1C2CC[C@@H]1[C@H](CSc1ccccc1)[C@@H](c1ccc(Cl)c(Cl)c1)C2. The predicted octanol–water partition coefficient (Wildman–Crippen LogP) is 6.35. The van der Waals surface area contributed by atoms with Crippen molar-refractivity contribution in [2.45, 2.75) is 42.2 Å². The monoisotopic (exact) mass is 391 g/mol. The summed E-state index contributed by atoms with van der Waals surface area (Å²) in [6.07, 6.45) is 3.87. The first kappa shape index (κ1) is 17.7. The van der Waals surface area contributed by atoms with Gasteiger partial charge in [-0.2, -0.15) is 0 Å². The van der Waals surface area contributed by atoms with Crippen LogP contribution in [0.5, 0.6) is 0 Å². The maximum absolute atomic E-state index is 6.32. The fourth-order valence-electron chi connectivity index (χ4n) is 4.64. The number of piperidine rings is 1. The molecule has 25 heavy (non-hydrogen) atoms. The van der Waals surface area contributed by atoms with E-state index < -0.39 is 0 Å². The third-order valence-electron chi connectivity index (χ3n) is 5.99. The molecule has 2 aliphatic heterocycles. The van der Waals surface area contributed by atoms with Crippen LogP contribution in [0.3, 0.4) is 0 Å². The van der Waals surface area contributed by atoms with Crippen LogP contribution >= 0.6 is 35.0 Å². The highest BCUT2D eigenvalue weighted by Crippen LogP contribution is 2.48. The van der Waals surface area contributed by atoms with Crippen LogP contribution in [0, 0.1) is 5.92 Å². The molecule has 2 heterocycles. The van der Waals surface area contributed by atoms with E-state index in [-0.39, 0.29) is 0 Å². The van der Waals surface area contributed by atoms with Crippen LogP contribution in [0.25, 0.3) is 0 Å². The molecular weight excluding hydrogens is 369 g/mol. The summed E-state index contributed by atoms with van der Waals surface area (Å²) < 4.78 is 0. The van der Waals surface area contributed by atoms with Gasteiger partial charge in [0.25, 0.3) is 0 Å². The van der Waals surface area contributed by atoms with Gasteiger partial charge in [0.15, 0.2) is 0 Å². The predicted molar refractivity (Wildman–Crippen MR) is 109 cm³/mol. The van der Waals surface area contributed by atoms with E-state index in [1.165, 1.54) is 29.7 Å². The molecule has 4 atom stereocenters. The van der Waals surface area contributed by atoms with Gasteiger partial charge in [0, 0.05) is 22.7 Å². The number of benzene rings is 2. The molecule has 1 nitrogen and oxygen atoms in total. The van der Waals surface area contributed by atoms with Gasteiger partial charge in [0.1, 0.15) is 0 Å². The number of halogens is 2. The van der Waals surface area contributed by atoms with Gasteiger partial charge in [-0.05, 0) is 68.0 Å². The Hall–Kier alpha value is -0.670. The molecule has 2 aliphatic rings. The van der Waals surface area contributed by atoms with Crippen molar-refractivity contribution in [1.29, 1.82) is 0 Å². The molecule has 132 valence electrons. The molecule has 2 bridgehead atoms. The van der Waals surface area contributed by atoms with Crippen LogP contribution in [0.15, 0.2) is 53.4 Å². The topological polar surface area (TPSA) is 3.24 Å². The summed E-state index contributed by atoms with van der Waals surface area (Å²) >= 11 is 14.5. The van der Waals surface area contributed by atoms with Crippen LogP contribution in [0.2, 0.25) is 10.0 Å². The molecule has 0 spiro atoms. The molecule has 2 saturated heterocycles. The molecule has 2 aromatic carbocycles. The number of hydrogen-bond donors (Lipinski definition) is 0. The first-order valence-electron chi connectivity index (χ1n) is 8.98. The number of thioether (sulfide) groups is 1. The van der Waals surface area contributed by atoms with Crippen LogP contribution in [-0.2, 0) is 0 Å². The zero-order valence-corrected chi connectivity index (χ0v) is 16.7. The van der Waals surface area contributed by atoms with E-state index in [4.69, 9.17) is 23.2 Å². The van der Waals surface area contributed by atoms with Crippen LogP contribution in [-0.4, -0.2) is 29.8 Å². The van der Waals surface area contributed by atoms with E-state index >= 15 is 0 Å². The quantitative estimate of drug-likeness (QED) is 0.558. The Bertz CT molecular complexity index is 736.